The molecule has 2 rings (SSSR count). The van der Waals surface area contributed by atoms with Gasteiger partial charge >= 0.3 is 5.97 Å². The van der Waals surface area contributed by atoms with Crippen LogP contribution in [0.15, 0.2) is 54.6 Å². The first-order chi connectivity index (χ1) is 11.6. The zero-order valence-electron chi connectivity index (χ0n) is 12.9. The highest BCUT2D eigenvalue weighted by atomic mass is 19.1. The minimum atomic E-state index is -1.43. The zero-order valence-corrected chi connectivity index (χ0v) is 12.9. The van der Waals surface area contributed by atoms with Crippen molar-refractivity contribution in [3.8, 4) is 0 Å². The number of nitrogens with one attached hydrogen (secondary N) is 1. The van der Waals surface area contributed by atoms with E-state index in [-0.39, 0.29) is 12.4 Å². The van der Waals surface area contributed by atoms with E-state index >= 15 is 0 Å². The second-order valence-electron chi connectivity index (χ2n) is 5.11. The van der Waals surface area contributed by atoms with E-state index in [0.717, 1.165) is 0 Å². The monoisotopic (exact) mass is 331 g/mol. The number of aliphatic hydroxyl groups is 1. The Balaban J connectivity index is 1.71. The summed E-state index contributed by atoms with van der Waals surface area (Å²) in [5.41, 5.74) is 0.886. The van der Waals surface area contributed by atoms with Crippen molar-refractivity contribution in [2.45, 2.75) is 12.5 Å². The first-order valence-corrected chi connectivity index (χ1v) is 7.47. The summed E-state index contributed by atoms with van der Waals surface area (Å²) < 4.78 is 18.2. The lowest BCUT2D eigenvalue weighted by Crippen LogP contribution is -2.31. The molecule has 0 unspecified atom stereocenters. The third-order valence-electron chi connectivity index (χ3n) is 3.36. The number of ether oxygens (including phenoxy) is 1. The summed E-state index contributed by atoms with van der Waals surface area (Å²) in [6.07, 6.45) is -1.10. The van der Waals surface area contributed by atoms with Gasteiger partial charge in [0.05, 0.1) is 0 Å². The van der Waals surface area contributed by atoms with E-state index < -0.39 is 24.6 Å². The molecule has 0 saturated heterocycles. The van der Waals surface area contributed by atoms with E-state index in [2.05, 4.69) is 5.32 Å². The highest BCUT2D eigenvalue weighted by Gasteiger charge is 2.19. The summed E-state index contributed by atoms with van der Waals surface area (Å²) in [5.74, 6) is -1.74. The van der Waals surface area contributed by atoms with Crippen molar-refractivity contribution in [1.82, 2.24) is 5.32 Å². The minimum Gasteiger partial charge on any atom is -0.453 e. The molecular weight excluding hydrogens is 313 g/mol. The van der Waals surface area contributed by atoms with Gasteiger partial charge in [-0.15, -0.1) is 0 Å². The quantitative estimate of drug-likeness (QED) is 0.758. The number of halogens is 1. The predicted octanol–water partition coefficient (Wildman–Crippen LogP) is 1.76. The van der Waals surface area contributed by atoms with E-state index in [0.29, 0.717) is 17.5 Å². The third-order valence-corrected chi connectivity index (χ3v) is 3.36. The van der Waals surface area contributed by atoms with Crippen LogP contribution in [0.3, 0.4) is 0 Å². The highest BCUT2D eigenvalue weighted by Crippen LogP contribution is 2.13. The lowest BCUT2D eigenvalue weighted by Gasteiger charge is -2.11. The molecule has 0 aliphatic rings. The minimum absolute atomic E-state index is 0.221. The average Bonchev–Trinajstić information content (AvgIpc) is 2.61. The van der Waals surface area contributed by atoms with Crippen molar-refractivity contribution in [3.63, 3.8) is 0 Å². The van der Waals surface area contributed by atoms with Crippen LogP contribution in [0.4, 0.5) is 4.39 Å². The van der Waals surface area contributed by atoms with Gasteiger partial charge in [0.15, 0.2) is 12.7 Å². The number of aliphatic hydroxyl groups excluding tert-OH is 1. The fourth-order valence-corrected chi connectivity index (χ4v) is 2.08. The number of rotatable bonds is 7. The van der Waals surface area contributed by atoms with Crippen LogP contribution < -0.4 is 5.32 Å². The summed E-state index contributed by atoms with van der Waals surface area (Å²) >= 11 is 0. The SMILES string of the molecule is O=C(COC(=O)[C@H](O)c1ccccc1)NCCc1ccccc1F. The van der Waals surface area contributed by atoms with Crippen LogP contribution in [-0.4, -0.2) is 30.1 Å². The Hall–Kier alpha value is -2.73. The molecule has 0 spiro atoms. The molecule has 24 heavy (non-hydrogen) atoms. The predicted molar refractivity (Wildman–Crippen MR) is 85.5 cm³/mol. The van der Waals surface area contributed by atoms with Crippen LogP contribution in [0.2, 0.25) is 0 Å². The van der Waals surface area contributed by atoms with Crippen molar-refractivity contribution in [2.75, 3.05) is 13.2 Å². The topological polar surface area (TPSA) is 75.6 Å². The van der Waals surface area contributed by atoms with Gasteiger partial charge in [0.1, 0.15) is 5.82 Å². The van der Waals surface area contributed by atoms with Crippen LogP contribution in [0, 0.1) is 5.82 Å². The Kier molecular flexibility index (Phi) is 6.45. The van der Waals surface area contributed by atoms with Gasteiger partial charge in [-0.3, -0.25) is 4.79 Å². The molecule has 1 amide bonds. The summed E-state index contributed by atoms with van der Waals surface area (Å²) in [6, 6.07) is 14.6. The molecule has 0 aliphatic heterocycles. The molecule has 0 saturated carbocycles. The van der Waals surface area contributed by atoms with Crippen LogP contribution in [-0.2, 0) is 20.7 Å². The van der Waals surface area contributed by atoms with Crippen molar-refractivity contribution in [3.05, 3.63) is 71.5 Å². The van der Waals surface area contributed by atoms with Gasteiger partial charge in [0.25, 0.3) is 5.91 Å². The molecule has 2 aromatic carbocycles. The molecule has 2 N–H and O–H groups in total. The fourth-order valence-electron chi connectivity index (χ4n) is 2.08. The summed E-state index contributed by atoms with van der Waals surface area (Å²) in [6.45, 7) is -0.279. The van der Waals surface area contributed by atoms with Gasteiger partial charge in [-0.25, -0.2) is 9.18 Å². The summed E-state index contributed by atoms with van der Waals surface area (Å²) in [5, 5.41) is 12.3. The molecule has 1 atom stereocenters. The molecule has 6 heteroatoms. The second kappa shape index (κ2) is 8.79. The van der Waals surface area contributed by atoms with Gasteiger partial charge in [-0.1, -0.05) is 48.5 Å². The number of carbonyl (C=O) groups is 2. The summed E-state index contributed by atoms with van der Waals surface area (Å²) in [4.78, 5) is 23.3. The van der Waals surface area contributed by atoms with Gasteiger partial charge in [0, 0.05) is 6.54 Å². The Labute approximate surface area is 139 Å². The number of benzene rings is 2. The molecular formula is C18H18FNO4. The van der Waals surface area contributed by atoms with Gasteiger partial charge in [-0.05, 0) is 23.6 Å². The third kappa shape index (κ3) is 5.17. The van der Waals surface area contributed by atoms with E-state index in [4.69, 9.17) is 4.74 Å². The average molecular weight is 331 g/mol. The first kappa shape index (κ1) is 17.6. The van der Waals surface area contributed by atoms with E-state index in [1.165, 1.54) is 6.07 Å². The lowest BCUT2D eigenvalue weighted by molar-refractivity contribution is -0.157. The van der Waals surface area contributed by atoms with E-state index in [1.54, 1.807) is 48.5 Å². The molecule has 5 nitrogen and oxygen atoms in total. The van der Waals surface area contributed by atoms with Crippen molar-refractivity contribution >= 4 is 11.9 Å². The van der Waals surface area contributed by atoms with Crippen LogP contribution in [0.25, 0.3) is 0 Å². The van der Waals surface area contributed by atoms with Crippen molar-refractivity contribution in [1.29, 1.82) is 0 Å². The second-order valence-corrected chi connectivity index (χ2v) is 5.11. The molecule has 126 valence electrons. The maximum absolute atomic E-state index is 13.4. The van der Waals surface area contributed by atoms with Crippen LogP contribution in [0.5, 0.6) is 0 Å². The number of carbonyl (C=O) groups excluding carboxylic acids is 2. The number of esters is 1. The molecule has 0 aromatic heterocycles. The maximum atomic E-state index is 13.4. The van der Waals surface area contributed by atoms with E-state index in [9.17, 15) is 19.1 Å². The Morgan fingerprint density at radius 1 is 1.08 bits per heavy atom. The number of hydrogen-bond acceptors (Lipinski definition) is 4. The first-order valence-electron chi connectivity index (χ1n) is 7.47. The molecule has 0 heterocycles. The molecule has 0 aliphatic carbocycles. The lowest BCUT2D eigenvalue weighted by atomic mass is 10.1. The van der Waals surface area contributed by atoms with Gasteiger partial charge in [0.2, 0.25) is 0 Å². The summed E-state index contributed by atoms with van der Waals surface area (Å²) in [7, 11) is 0. The fraction of sp³-hybridized carbons (Fsp3) is 0.222. The van der Waals surface area contributed by atoms with E-state index in [1.807, 2.05) is 0 Å². The number of amides is 1. The Morgan fingerprint density at radius 2 is 1.75 bits per heavy atom. The maximum Gasteiger partial charge on any atom is 0.340 e. The molecule has 0 fully saturated rings. The highest BCUT2D eigenvalue weighted by molar-refractivity contribution is 5.82. The van der Waals surface area contributed by atoms with Crippen LogP contribution >= 0.6 is 0 Å². The molecule has 2 aromatic rings. The zero-order chi connectivity index (χ0) is 17.4. The Morgan fingerprint density at radius 3 is 2.46 bits per heavy atom. The standard InChI is InChI=1S/C18H18FNO4/c19-15-9-5-4-6-13(15)10-11-20-16(21)12-24-18(23)17(22)14-7-2-1-3-8-14/h1-9,17,22H,10-12H2,(H,20,21)/t17-/m1/s1. The van der Waals surface area contributed by atoms with Gasteiger partial charge in [-0.2, -0.15) is 0 Å². The molecule has 0 radical (unpaired) electrons. The normalized spacial score (nSPS) is 11.6. The Bertz CT molecular complexity index is 690. The van der Waals surface area contributed by atoms with Crippen LogP contribution in [0.1, 0.15) is 17.2 Å². The smallest absolute Gasteiger partial charge is 0.340 e. The largest absolute Gasteiger partial charge is 0.453 e. The number of hydrogen-bond donors (Lipinski definition) is 2. The van der Waals surface area contributed by atoms with Gasteiger partial charge < -0.3 is 15.2 Å². The molecule has 0 bridgehead atoms. The van der Waals surface area contributed by atoms with Crippen molar-refractivity contribution < 1.29 is 23.8 Å². The van der Waals surface area contributed by atoms with Crippen molar-refractivity contribution in [2.24, 2.45) is 0 Å².